The fourth-order valence-electron chi connectivity index (χ4n) is 1.82. The molecule has 0 radical (unpaired) electrons. The van der Waals surface area contributed by atoms with Crippen molar-refractivity contribution in [3.8, 4) is 0 Å². The first kappa shape index (κ1) is 6.71. The zero-order chi connectivity index (χ0) is 7.90. The van der Waals surface area contributed by atoms with Gasteiger partial charge < -0.3 is 5.32 Å². The maximum absolute atomic E-state index is 3.37. The molecule has 1 nitrogen and oxygen atoms in total. The summed E-state index contributed by atoms with van der Waals surface area (Å²) in [6, 6.07) is 0. The minimum absolute atomic E-state index is 0.263. The molecule has 1 heteroatoms. The number of nitrogens with one attached hydrogen (secondary N) is 1. The first-order valence-corrected chi connectivity index (χ1v) is 4.04. The van der Waals surface area contributed by atoms with E-state index < -0.39 is 0 Å². The van der Waals surface area contributed by atoms with Crippen LogP contribution in [0, 0.1) is 5.41 Å². The molecule has 1 heterocycles. The number of fused-ring (bicyclic) bond motifs is 1. The fraction of sp³-hybridized carbons (Fsp3) is 0.400. The first-order valence-electron chi connectivity index (χ1n) is 4.04. The Bertz CT molecular complexity index is 271. The largest absolute Gasteiger partial charge is 0.362 e. The van der Waals surface area contributed by atoms with Crippen LogP contribution < -0.4 is 5.32 Å². The van der Waals surface area contributed by atoms with Crippen molar-refractivity contribution in [2.24, 2.45) is 5.41 Å². The van der Waals surface area contributed by atoms with Gasteiger partial charge in [-0.25, -0.2) is 0 Å². The molecule has 2 rings (SSSR count). The lowest BCUT2D eigenvalue weighted by atomic mass is 9.82. The summed E-state index contributed by atoms with van der Waals surface area (Å²) < 4.78 is 0. The van der Waals surface area contributed by atoms with Crippen LogP contribution >= 0.6 is 0 Å². The Hall–Kier alpha value is -0.980. The van der Waals surface area contributed by atoms with Crippen molar-refractivity contribution >= 4 is 0 Å². The summed E-state index contributed by atoms with van der Waals surface area (Å²) >= 11 is 0. The Morgan fingerprint density at radius 2 is 2.36 bits per heavy atom. The lowest BCUT2D eigenvalue weighted by Crippen LogP contribution is -2.19. The third-order valence-electron chi connectivity index (χ3n) is 2.42. The summed E-state index contributed by atoms with van der Waals surface area (Å²) in [4.78, 5) is 0. The predicted molar refractivity (Wildman–Crippen MR) is 46.8 cm³/mol. The standard InChI is InChI=1S/C10H13N/c1-8-7-10(2)6-4-3-5-9(10)11-8/h3-5,7,11H,6H2,1-2H3. The minimum atomic E-state index is 0.263. The van der Waals surface area contributed by atoms with Crippen LogP contribution in [0.1, 0.15) is 20.3 Å². The fourth-order valence-corrected chi connectivity index (χ4v) is 1.82. The SMILES string of the molecule is CC1=CC2(C)CC=CC=C2N1. The lowest BCUT2D eigenvalue weighted by molar-refractivity contribution is 0.517. The molecule has 2 aliphatic rings. The zero-order valence-corrected chi connectivity index (χ0v) is 7.02. The molecule has 58 valence electrons. The molecule has 0 aromatic carbocycles. The molecule has 1 atom stereocenters. The Kier molecular flexibility index (Phi) is 1.22. The van der Waals surface area contributed by atoms with Crippen molar-refractivity contribution in [1.82, 2.24) is 5.32 Å². The summed E-state index contributed by atoms with van der Waals surface area (Å²) in [5.74, 6) is 0. The normalized spacial score (nSPS) is 34.0. The number of rotatable bonds is 0. The van der Waals surface area contributed by atoms with Gasteiger partial charge >= 0.3 is 0 Å². The molecule has 0 fully saturated rings. The molecule has 0 saturated carbocycles. The van der Waals surface area contributed by atoms with Gasteiger partial charge in [0.25, 0.3) is 0 Å². The van der Waals surface area contributed by atoms with E-state index in [-0.39, 0.29) is 5.41 Å². The minimum Gasteiger partial charge on any atom is -0.362 e. The summed E-state index contributed by atoms with van der Waals surface area (Å²) in [6.07, 6.45) is 9.94. The van der Waals surface area contributed by atoms with Crippen molar-refractivity contribution in [2.75, 3.05) is 0 Å². The van der Waals surface area contributed by atoms with E-state index in [2.05, 4.69) is 43.5 Å². The predicted octanol–water partition coefficient (Wildman–Crippen LogP) is 2.34. The van der Waals surface area contributed by atoms with Crippen LogP contribution in [0.3, 0.4) is 0 Å². The highest BCUT2D eigenvalue weighted by molar-refractivity contribution is 5.37. The third kappa shape index (κ3) is 0.917. The van der Waals surface area contributed by atoms with Crippen LogP contribution in [0.15, 0.2) is 35.7 Å². The van der Waals surface area contributed by atoms with Crippen molar-refractivity contribution < 1.29 is 0 Å². The van der Waals surface area contributed by atoms with Gasteiger partial charge in [-0.05, 0) is 19.4 Å². The van der Waals surface area contributed by atoms with E-state index >= 15 is 0 Å². The molecule has 0 saturated heterocycles. The smallest absolute Gasteiger partial charge is 0.0309 e. The van der Waals surface area contributed by atoms with Gasteiger partial charge in [0.15, 0.2) is 0 Å². The highest BCUT2D eigenvalue weighted by Crippen LogP contribution is 2.39. The van der Waals surface area contributed by atoms with Gasteiger partial charge in [-0.3, -0.25) is 0 Å². The summed E-state index contributed by atoms with van der Waals surface area (Å²) in [6.45, 7) is 4.39. The van der Waals surface area contributed by atoms with E-state index in [0.717, 1.165) is 6.42 Å². The van der Waals surface area contributed by atoms with Crippen LogP contribution in [0.5, 0.6) is 0 Å². The molecular formula is C10H13N. The van der Waals surface area contributed by atoms with Crippen LogP contribution in [-0.2, 0) is 0 Å². The maximum Gasteiger partial charge on any atom is 0.0309 e. The summed E-state index contributed by atoms with van der Waals surface area (Å²) in [5, 5.41) is 3.37. The first-order chi connectivity index (χ1) is 5.21. The van der Waals surface area contributed by atoms with Crippen LogP contribution in [0.2, 0.25) is 0 Å². The lowest BCUT2D eigenvalue weighted by Gasteiger charge is -2.24. The molecule has 0 aromatic rings. The van der Waals surface area contributed by atoms with E-state index in [4.69, 9.17) is 0 Å². The van der Waals surface area contributed by atoms with Gasteiger partial charge in [-0.1, -0.05) is 25.2 Å². The number of hydrogen-bond acceptors (Lipinski definition) is 1. The monoisotopic (exact) mass is 147 g/mol. The molecule has 1 unspecified atom stereocenters. The number of hydrogen-bond donors (Lipinski definition) is 1. The van der Waals surface area contributed by atoms with Crippen LogP contribution in [0.4, 0.5) is 0 Å². The van der Waals surface area contributed by atoms with Gasteiger partial charge in [0.05, 0.1) is 0 Å². The van der Waals surface area contributed by atoms with Crippen molar-refractivity contribution in [2.45, 2.75) is 20.3 Å². The molecule has 11 heavy (non-hydrogen) atoms. The van der Waals surface area contributed by atoms with Crippen LogP contribution in [0.25, 0.3) is 0 Å². The third-order valence-corrected chi connectivity index (χ3v) is 2.42. The van der Waals surface area contributed by atoms with Gasteiger partial charge in [-0.15, -0.1) is 0 Å². The molecule has 0 bridgehead atoms. The molecule has 0 amide bonds. The van der Waals surface area contributed by atoms with E-state index in [1.165, 1.54) is 11.4 Å². The van der Waals surface area contributed by atoms with Crippen molar-refractivity contribution in [3.05, 3.63) is 35.7 Å². The zero-order valence-electron chi connectivity index (χ0n) is 7.02. The maximum atomic E-state index is 3.37. The molecular weight excluding hydrogens is 134 g/mol. The summed E-state index contributed by atoms with van der Waals surface area (Å²) in [7, 11) is 0. The van der Waals surface area contributed by atoms with Crippen molar-refractivity contribution in [3.63, 3.8) is 0 Å². The highest BCUT2D eigenvalue weighted by Gasteiger charge is 2.31. The van der Waals surface area contributed by atoms with Gasteiger partial charge in [-0.2, -0.15) is 0 Å². The second-order valence-corrected chi connectivity index (χ2v) is 3.58. The Balaban J connectivity index is 2.41. The highest BCUT2D eigenvalue weighted by atomic mass is 14.9. The summed E-state index contributed by atoms with van der Waals surface area (Å²) in [5.41, 5.74) is 2.89. The van der Waals surface area contributed by atoms with E-state index in [9.17, 15) is 0 Å². The molecule has 1 N–H and O–H groups in total. The van der Waals surface area contributed by atoms with Gasteiger partial charge in [0, 0.05) is 16.8 Å². The molecule has 0 spiro atoms. The average molecular weight is 147 g/mol. The van der Waals surface area contributed by atoms with Crippen LogP contribution in [-0.4, -0.2) is 0 Å². The Labute approximate surface area is 67.5 Å². The average Bonchev–Trinajstić information content (AvgIpc) is 2.22. The van der Waals surface area contributed by atoms with E-state index in [0.29, 0.717) is 0 Å². The van der Waals surface area contributed by atoms with Gasteiger partial charge in [0.2, 0.25) is 0 Å². The molecule has 1 aliphatic heterocycles. The van der Waals surface area contributed by atoms with Gasteiger partial charge in [0.1, 0.15) is 0 Å². The second kappa shape index (κ2) is 2.00. The quantitative estimate of drug-likeness (QED) is 0.554. The Morgan fingerprint density at radius 1 is 1.55 bits per heavy atom. The van der Waals surface area contributed by atoms with Crippen molar-refractivity contribution in [1.29, 1.82) is 0 Å². The molecule has 0 aromatic heterocycles. The molecule has 1 aliphatic carbocycles. The second-order valence-electron chi connectivity index (χ2n) is 3.58. The number of allylic oxidation sites excluding steroid dienone is 5. The van der Waals surface area contributed by atoms with E-state index in [1.807, 2.05) is 0 Å². The topological polar surface area (TPSA) is 12.0 Å². The van der Waals surface area contributed by atoms with E-state index in [1.54, 1.807) is 0 Å². The Morgan fingerprint density at radius 3 is 3.09 bits per heavy atom.